The molecule has 1 aliphatic rings. The van der Waals surface area contributed by atoms with Crippen LogP contribution >= 0.6 is 0 Å². The van der Waals surface area contributed by atoms with E-state index in [1.807, 2.05) is 37.3 Å². The number of hydrogen-bond donors (Lipinski definition) is 1. The molecule has 25 heavy (non-hydrogen) atoms. The molecule has 0 aliphatic carbocycles. The van der Waals surface area contributed by atoms with Gasteiger partial charge in [-0.2, -0.15) is 0 Å². The van der Waals surface area contributed by atoms with Crippen LogP contribution in [0.15, 0.2) is 42.7 Å². The fourth-order valence-electron chi connectivity index (χ4n) is 2.75. The first-order valence-corrected chi connectivity index (χ1v) is 8.29. The molecule has 1 atom stereocenters. The summed E-state index contributed by atoms with van der Waals surface area (Å²) in [6.07, 6.45) is 3.97. The van der Waals surface area contributed by atoms with Crippen LogP contribution in [0.3, 0.4) is 0 Å². The van der Waals surface area contributed by atoms with E-state index >= 15 is 0 Å². The summed E-state index contributed by atoms with van der Waals surface area (Å²) in [7, 11) is 0. The largest absolute Gasteiger partial charge is 0.352 e. The predicted octanol–water partition coefficient (Wildman–Crippen LogP) is 1.25. The molecule has 2 amide bonds. The van der Waals surface area contributed by atoms with Crippen molar-refractivity contribution in [1.29, 1.82) is 0 Å². The minimum Gasteiger partial charge on any atom is -0.352 e. The Hall–Kier alpha value is -2.96. The summed E-state index contributed by atoms with van der Waals surface area (Å²) in [6, 6.07) is 9.66. The van der Waals surface area contributed by atoms with Crippen LogP contribution < -0.4 is 10.2 Å². The highest BCUT2D eigenvalue weighted by Gasteiger charge is 2.18. The maximum atomic E-state index is 12.3. The Morgan fingerprint density at radius 2 is 1.84 bits per heavy atom. The van der Waals surface area contributed by atoms with Crippen molar-refractivity contribution in [3.63, 3.8) is 0 Å². The zero-order chi connectivity index (χ0) is 17.6. The van der Waals surface area contributed by atoms with Gasteiger partial charge in [0.2, 0.25) is 6.41 Å². The molecule has 2 heterocycles. The number of hydrogen-bond acceptors (Lipinski definition) is 5. The third-order valence-corrected chi connectivity index (χ3v) is 4.31. The maximum Gasteiger partial charge on any atom is 0.271 e. The fraction of sp³-hybridized carbons (Fsp3) is 0.333. The van der Waals surface area contributed by atoms with Crippen LogP contribution in [-0.2, 0) is 4.79 Å². The Morgan fingerprint density at radius 1 is 1.12 bits per heavy atom. The molecule has 0 bridgehead atoms. The van der Waals surface area contributed by atoms with E-state index in [4.69, 9.17) is 0 Å². The quantitative estimate of drug-likeness (QED) is 0.830. The average molecular weight is 339 g/mol. The van der Waals surface area contributed by atoms with Crippen LogP contribution in [0.5, 0.6) is 0 Å². The van der Waals surface area contributed by atoms with Crippen molar-refractivity contribution in [2.24, 2.45) is 0 Å². The number of benzene rings is 1. The van der Waals surface area contributed by atoms with Gasteiger partial charge in [0.1, 0.15) is 11.5 Å². The zero-order valence-electron chi connectivity index (χ0n) is 14.1. The number of rotatable bonds is 5. The Labute approximate surface area is 146 Å². The van der Waals surface area contributed by atoms with Crippen LogP contribution in [0.25, 0.3) is 0 Å². The normalized spacial score (nSPS) is 15.6. The van der Waals surface area contributed by atoms with Crippen LogP contribution in [0, 0.1) is 0 Å². The number of aromatic nitrogens is 2. The smallest absolute Gasteiger partial charge is 0.271 e. The second kappa shape index (κ2) is 7.74. The molecule has 0 saturated carbocycles. The summed E-state index contributed by atoms with van der Waals surface area (Å²) in [5.41, 5.74) is 1.33. The highest BCUT2D eigenvalue weighted by atomic mass is 16.2. The van der Waals surface area contributed by atoms with Gasteiger partial charge in [0, 0.05) is 26.2 Å². The van der Waals surface area contributed by atoms with Gasteiger partial charge in [-0.3, -0.25) is 9.59 Å². The van der Waals surface area contributed by atoms with Crippen molar-refractivity contribution >= 4 is 18.1 Å². The first kappa shape index (κ1) is 16.9. The SMILES string of the molecule is CC(NC(=O)c1cnc(N2CCN(C=O)CC2)cn1)c1ccccc1. The Bertz CT molecular complexity index is 712. The summed E-state index contributed by atoms with van der Waals surface area (Å²) < 4.78 is 0. The first-order valence-electron chi connectivity index (χ1n) is 8.29. The first-order chi connectivity index (χ1) is 12.2. The second-order valence-corrected chi connectivity index (χ2v) is 5.99. The van der Waals surface area contributed by atoms with Gasteiger partial charge in [-0.1, -0.05) is 30.3 Å². The topological polar surface area (TPSA) is 78.4 Å². The van der Waals surface area contributed by atoms with Gasteiger partial charge in [0.25, 0.3) is 5.91 Å². The molecular weight excluding hydrogens is 318 g/mol. The molecule has 1 aromatic carbocycles. The van der Waals surface area contributed by atoms with E-state index in [1.165, 1.54) is 6.20 Å². The van der Waals surface area contributed by atoms with Gasteiger partial charge in [-0.05, 0) is 12.5 Å². The predicted molar refractivity (Wildman–Crippen MR) is 94.2 cm³/mol. The number of nitrogens with zero attached hydrogens (tertiary/aromatic N) is 4. The maximum absolute atomic E-state index is 12.3. The van der Waals surface area contributed by atoms with Crippen molar-refractivity contribution in [2.45, 2.75) is 13.0 Å². The third-order valence-electron chi connectivity index (χ3n) is 4.31. The fourth-order valence-corrected chi connectivity index (χ4v) is 2.75. The van der Waals surface area contributed by atoms with Gasteiger partial charge < -0.3 is 15.1 Å². The van der Waals surface area contributed by atoms with E-state index in [-0.39, 0.29) is 17.6 Å². The molecule has 130 valence electrons. The van der Waals surface area contributed by atoms with Crippen molar-refractivity contribution < 1.29 is 9.59 Å². The minimum absolute atomic E-state index is 0.105. The Balaban J connectivity index is 1.60. The molecule has 7 nitrogen and oxygen atoms in total. The van der Waals surface area contributed by atoms with E-state index in [1.54, 1.807) is 11.1 Å². The molecule has 7 heteroatoms. The number of anilines is 1. The van der Waals surface area contributed by atoms with Crippen LogP contribution in [0.2, 0.25) is 0 Å². The summed E-state index contributed by atoms with van der Waals surface area (Å²) in [5.74, 6) is 0.472. The van der Waals surface area contributed by atoms with Gasteiger partial charge >= 0.3 is 0 Å². The highest BCUT2D eigenvalue weighted by molar-refractivity contribution is 5.92. The van der Waals surface area contributed by atoms with E-state index < -0.39 is 0 Å². The summed E-state index contributed by atoms with van der Waals surface area (Å²) in [4.78, 5) is 35.5. The lowest BCUT2D eigenvalue weighted by molar-refractivity contribution is -0.118. The minimum atomic E-state index is -0.249. The van der Waals surface area contributed by atoms with Crippen LogP contribution in [-0.4, -0.2) is 53.4 Å². The van der Waals surface area contributed by atoms with Crippen molar-refractivity contribution in [1.82, 2.24) is 20.2 Å². The molecule has 0 spiro atoms. The number of carbonyl (C=O) groups excluding carboxylic acids is 2. The molecule has 1 fully saturated rings. The lowest BCUT2D eigenvalue weighted by atomic mass is 10.1. The van der Waals surface area contributed by atoms with Crippen LogP contribution in [0.4, 0.5) is 5.82 Å². The number of amides is 2. The van der Waals surface area contributed by atoms with E-state index in [0.717, 1.165) is 17.8 Å². The zero-order valence-corrected chi connectivity index (χ0v) is 14.1. The van der Waals surface area contributed by atoms with E-state index in [9.17, 15) is 9.59 Å². The van der Waals surface area contributed by atoms with Crippen molar-refractivity contribution in [2.75, 3.05) is 31.1 Å². The Kier molecular flexibility index (Phi) is 5.23. The van der Waals surface area contributed by atoms with Gasteiger partial charge in [-0.15, -0.1) is 0 Å². The van der Waals surface area contributed by atoms with Crippen molar-refractivity contribution in [3.8, 4) is 0 Å². The standard InChI is InChI=1S/C18H21N5O2/c1-14(15-5-3-2-4-6-15)21-18(25)16-11-20-17(12-19-16)23-9-7-22(13-24)8-10-23/h2-6,11-14H,7-10H2,1H3,(H,21,25). The Morgan fingerprint density at radius 3 is 2.44 bits per heavy atom. The summed E-state index contributed by atoms with van der Waals surface area (Å²) >= 11 is 0. The number of piperazine rings is 1. The molecule has 1 saturated heterocycles. The van der Waals surface area contributed by atoms with Crippen molar-refractivity contribution in [3.05, 3.63) is 54.0 Å². The van der Waals surface area contributed by atoms with Gasteiger partial charge in [-0.25, -0.2) is 9.97 Å². The molecule has 1 unspecified atom stereocenters. The van der Waals surface area contributed by atoms with Crippen LogP contribution in [0.1, 0.15) is 29.0 Å². The molecule has 3 rings (SSSR count). The average Bonchev–Trinajstić information content (AvgIpc) is 2.69. The third kappa shape index (κ3) is 4.12. The monoisotopic (exact) mass is 339 g/mol. The molecule has 1 N–H and O–H groups in total. The highest BCUT2D eigenvalue weighted by Crippen LogP contribution is 2.14. The number of carbonyl (C=O) groups is 2. The van der Waals surface area contributed by atoms with E-state index in [0.29, 0.717) is 26.2 Å². The molecule has 0 radical (unpaired) electrons. The lowest BCUT2D eigenvalue weighted by Crippen LogP contribution is -2.46. The van der Waals surface area contributed by atoms with Gasteiger partial charge in [0.05, 0.1) is 18.4 Å². The molecular formula is C18H21N5O2. The summed E-state index contributed by atoms with van der Waals surface area (Å²) in [5, 5.41) is 2.92. The van der Waals surface area contributed by atoms with E-state index in [2.05, 4.69) is 20.2 Å². The molecule has 2 aromatic rings. The second-order valence-electron chi connectivity index (χ2n) is 5.99. The number of nitrogens with one attached hydrogen (secondary N) is 1. The molecule has 1 aliphatic heterocycles. The summed E-state index contributed by atoms with van der Waals surface area (Å²) in [6.45, 7) is 4.69. The van der Waals surface area contributed by atoms with Gasteiger partial charge in [0.15, 0.2) is 0 Å². The molecule has 1 aromatic heterocycles. The lowest BCUT2D eigenvalue weighted by Gasteiger charge is -2.33.